The van der Waals surface area contributed by atoms with Crippen molar-refractivity contribution in [3.8, 4) is 0 Å². The van der Waals surface area contributed by atoms with Gasteiger partial charge in [-0.25, -0.2) is 0 Å². The third kappa shape index (κ3) is 5.00. The van der Waals surface area contributed by atoms with E-state index < -0.39 is 10.8 Å². The summed E-state index contributed by atoms with van der Waals surface area (Å²) in [6.45, 7) is 9.33. The van der Waals surface area contributed by atoms with E-state index in [0.29, 0.717) is 6.04 Å². The van der Waals surface area contributed by atoms with Crippen LogP contribution in [0.3, 0.4) is 0 Å². The molecule has 3 heteroatoms. The first kappa shape index (κ1) is 14.4. The molecular weight excluding hydrogens is 230 g/mol. The van der Waals surface area contributed by atoms with Crippen LogP contribution in [0, 0.1) is 13.8 Å². The standard InChI is InChI=1S/C14H23NOS/c1-11(2)15-8-5-9-17(16)14-7-6-12(3)13(4)10-14/h6-7,10-11,15H,5,8-9H2,1-4H3. The maximum atomic E-state index is 12.0. The average Bonchev–Trinajstić information content (AvgIpc) is 2.27. The predicted molar refractivity (Wildman–Crippen MR) is 74.9 cm³/mol. The van der Waals surface area contributed by atoms with Gasteiger partial charge in [-0.1, -0.05) is 19.9 Å². The van der Waals surface area contributed by atoms with Gasteiger partial charge in [0.1, 0.15) is 0 Å². The molecule has 0 fully saturated rings. The highest BCUT2D eigenvalue weighted by atomic mass is 32.2. The molecule has 96 valence electrons. The zero-order valence-electron chi connectivity index (χ0n) is 11.2. The Labute approximate surface area is 107 Å². The first-order valence-corrected chi connectivity index (χ1v) is 7.51. The normalized spacial score (nSPS) is 13.0. The Morgan fingerprint density at radius 1 is 1.24 bits per heavy atom. The zero-order valence-corrected chi connectivity index (χ0v) is 12.1. The molecule has 0 heterocycles. The maximum Gasteiger partial charge on any atom is 0.0530 e. The van der Waals surface area contributed by atoms with Crippen LogP contribution < -0.4 is 5.32 Å². The van der Waals surface area contributed by atoms with Crippen LogP contribution in [0.4, 0.5) is 0 Å². The zero-order chi connectivity index (χ0) is 12.8. The molecule has 0 aliphatic rings. The topological polar surface area (TPSA) is 29.1 Å². The van der Waals surface area contributed by atoms with Crippen LogP contribution in [0.1, 0.15) is 31.4 Å². The van der Waals surface area contributed by atoms with Crippen molar-refractivity contribution in [3.05, 3.63) is 29.3 Å². The Hall–Kier alpha value is -0.670. The Morgan fingerprint density at radius 2 is 1.94 bits per heavy atom. The van der Waals surface area contributed by atoms with Gasteiger partial charge in [0.05, 0.1) is 10.8 Å². The fourth-order valence-corrected chi connectivity index (χ4v) is 2.74. The molecule has 1 aromatic rings. The van der Waals surface area contributed by atoms with Gasteiger partial charge in [-0.05, 0) is 50.1 Å². The molecule has 0 radical (unpaired) electrons. The lowest BCUT2D eigenvalue weighted by atomic mass is 10.1. The van der Waals surface area contributed by atoms with Gasteiger partial charge in [-0.2, -0.15) is 0 Å². The lowest BCUT2D eigenvalue weighted by Crippen LogP contribution is -2.24. The Bertz CT molecular complexity index is 388. The molecule has 17 heavy (non-hydrogen) atoms. The number of nitrogens with one attached hydrogen (secondary N) is 1. The van der Waals surface area contributed by atoms with E-state index in [1.807, 2.05) is 12.1 Å². The molecule has 0 amide bonds. The van der Waals surface area contributed by atoms with Crippen LogP contribution in [0.2, 0.25) is 0 Å². The summed E-state index contributed by atoms with van der Waals surface area (Å²) in [6, 6.07) is 6.58. The van der Waals surface area contributed by atoms with E-state index in [4.69, 9.17) is 0 Å². The van der Waals surface area contributed by atoms with E-state index in [-0.39, 0.29) is 0 Å². The van der Waals surface area contributed by atoms with Gasteiger partial charge in [-0.15, -0.1) is 0 Å². The monoisotopic (exact) mass is 253 g/mol. The molecule has 1 atom stereocenters. The fraction of sp³-hybridized carbons (Fsp3) is 0.571. The minimum atomic E-state index is -0.857. The Kier molecular flexibility index (Phi) is 5.86. The molecule has 0 aromatic heterocycles. The molecule has 0 aliphatic carbocycles. The number of rotatable bonds is 6. The molecule has 0 bridgehead atoms. The molecule has 1 N–H and O–H groups in total. The molecule has 1 rings (SSSR count). The largest absolute Gasteiger partial charge is 0.315 e. The lowest BCUT2D eigenvalue weighted by Gasteiger charge is -2.08. The van der Waals surface area contributed by atoms with Gasteiger partial charge in [0, 0.05) is 16.7 Å². The van der Waals surface area contributed by atoms with Crippen molar-refractivity contribution in [2.75, 3.05) is 12.3 Å². The van der Waals surface area contributed by atoms with Gasteiger partial charge >= 0.3 is 0 Å². The highest BCUT2D eigenvalue weighted by molar-refractivity contribution is 7.85. The predicted octanol–water partition coefficient (Wildman–Crippen LogP) is 2.80. The van der Waals surface area contributed by atoms with Crippen LogP contribution in [0.5, 0.6) is 0 Å². The van der Waals surface area contributed by atoms with Crippen molar-refractivity contribution >= 4 is 10.8 Å². The minimum Gasteiger partial charge on any atom is -0.315 e. The summed E-state index contributed by atoms with van der Waals surface area (Å²) in [7, 11) is -0.857. The number of hydrogen-bond donors (Lipinski definition) is 1. The van der Waals surface area contributed by atoms with E-state index in [9.17, 15) is 4.21 Å². The highest BCUT2D eigenvalue weighted by Crippen LogP contribution is 2.13. The maximum absolute atomic E-state index is 12.0. The van der Waals surface area contributed by atoms with Crippen molar-refractivity contribution in [1.29, 1.82) is 0 Å². The molecule has 1 unspecified atom stereocenters. The van der Waals surface area contributed by atoms with E-state index in [2.05, 4.69) is 39.1 Å². The SMILES string of the molecule is Cc1ccc(S(=O)CCCNC(C)C)cc1C. The summed E-state index contributed by atoms with van der Waals surface area (Å²) in [5.74, 6) is 0.738. The number of benzene rings is 1. The minimum absolute atomic E-state index is 0.505. The van der Waals surface area contributed by atoms with Crippen LogP contribution in [-0.2, 0) is 10.8 Å². The summed E-state index contributed by atoms with van der Waals surface area (Å²) in [4.78, 5) is 0.956. The quantitative estimate of drug-likeness (QED) is 0.790. The molecule has 1 aromatic carbocycles. The van der Waals surface area contributed by atoms with Crippen molar-refractivity contribution < 1.29 is 4.21 Å². The smallest absolute Gasteiger partial charge is 0.0530 e. The van der Waals surface area contributed by atoms with E-state index in [1.165, 1.54) is 11.1 Å². The second-order valence-corrected chi connectivity index (χ2v) is 6.33. The van der Waals surface area contributed by atoms with Crippen molar-refractivity contribution in [3.63, 3.8) is 0 Å². The summed E-state index contributed by atoms with van der Waals surface area (Å²) >= 11 is 0. The number of aryl methyl sites for hydroxylation is 2. The Balaban J connectivity index is 2.44. The summed E-state index contributed by atoms with van der Waals surface area (Å²) in [5, 5.41) is 3.34. The first-order chi connectivity index (χ1) is 8.00. The third-order valence-electron chi connectivity index (χ3n) is 2.80. The Morgan fingerprint density at radius 3 is 2.53 bits per heavy atom. The highest BCUT2D eigenvalue weighted by Gasteiger charge is 2.05. The van der Waals surface area contributed by atoms with Crippen LogP contribution >= 0.6 is 0 Å². The van der Waals surface area contributed by atoms with Gasteiger partial charge in [0.15, 0.2) is 0 Å². The van der Waals surface area contributed by atoms with Crippen LogP contribution in [0.25, 0.3) is 0 Å². The summed E-state index contributed by atoms with van der Waals surface area (Å²) in [5.41, 5.74) is 2.48. The van der Waals surface area contributed by atoms with Gasteiger partial charge < -0.3 is 5.32 Å². The second-order valence-electron chi connectivity index (χ2n) is 4.76. The molecule has 0 spiro atoms. The summed E-state index contributed by atoms with van der Waals surface area (Å²) in [6.07, 6.45) is 0.956. The molecule has 0 aliphatic heterocycles. The molecule has 2 nitrogen and oxygen atoms in total. The van der Waals surface area contributed by atoms with Crippen molar-refractivity contribution in [2.45, 2.75) is 45.1 Å². The van der Waals surface area contributed by atoms with Crippen LogP contribution in [0.15, 0.2) is 23.1 Å². The first-order valence-electron chi connectivity index (χ1n) is 6.19. The molecule has 0 saturated carbocycles. The van der Waals surface area contributed by atoms with Crippen molar-refractivity contribution in [1.82, 2.24) is 5.32 Å². The van der Waals surface area contributed by atoms with Gasteiger partial charge in [0.25, 0.3) is 0 Å². The second kappa shape index (κ2) is 6.92. The average molecular weight is 253 g/mol. The van der Waals surface area contributed by atoms with E-state index >= 15 is 0 Å². The summed E-state index contributed by atoms with van der Waals surface area (Å²) < 4.78 is 12.0. The lowest BCUT2D eigenvalue weighted by molar-refractivity contribution is 0.583. The molecular formula is C14H23NOS. The van der Waals surface area contributed by atoms with Crippen molar-refractivity contribution in [2.24, 2.45) is 0 Å². The van der Waals surface area contributed by atoms with E-state index in [1.54, 1.807) is 0 Å². The van der Waals surface area contributed by atoms with Gasteiger partial charge in [-0.3, -0.25) is 4.21 Å². The number of hydrogen-bond acceptors (Lipinski definition) is 2. The van der Waals surface area contributed by atoms with Gasteiger partial charge in [0.2, 0.25) is 0 Å². The molecule has 0 saturated heterocycles. The van der Waals surface area contributed by atoms with E-state index in [0.717, 1.165) is 23.6 Å². The van der Waals surface area contributed by atoms with Crippen LogP contribution in [-0.4, -0.2) is 22.5 Å². The fourth-order valence-electron chi connectivity index (χ4n) is 1.57. The third-order valence-corrected chi connectivity index (χ3v) is 4.24.